The third-order valence-electron chi connectivity index (χ3n) is 3.20. The average Bonchev–Trinajstić information content (AvgIpc) is 2.68. The summed E-state index contributed by atoms with van der Waals surface area (Å²) in [5, 5.41) is 0. The van der Waals surface area contributed by atoms with Gasteiger partial charge in [-0.1, -0.05) is 11.8 Å². The number of fused-ring (bicyclic) bond motifs is 1. The maximum atomic E-state index is 5.84. The summed E-state index contributed by atoms with van der Waals surface area (Å²) in [7, 11) is 0. The first-order valence-corrected chi connectivity index (χ1v) is 7.48. The number of rotatable bonds is 2. The molecule has 20 heavy (non-hydrogen) atoms. The molecule has 0 saturated heterocycles. The number of hydrogen-bond acceptors (Lipinski definition) is 4. The molecule has 0 saturated carbocycles. The first-order valence-electron chi connectivity index (χ1n) is 6.66. The topological polar surface area (TPSA) is 44.5 Å². The molecule has 3 nitrogen and oxygen atoms in total. The van der Waals surface area contributed by atoms with E-state index in [1.807, 2.05) is 31.2 Å². The van der Waals surface area contributed by atoms with Crippen LogP contribution in [-0.4, -0.2) is 13.2 Å². The molecule has 4 heteroatoms. The molecule has 2 aromatic rings. The van der Waals surface area contributed by atoms with Gasteiger partial charge in [-0.15, -0.1) is 0 Å². The van der Waals surface area contributed by atoms with E-state index in [4.69, 9.17) is 15.2 Å². The number of ether oxygens (including phenoxy) is 2. The molecule has 0 radical (unpaired) electrons. The van der Waals surface area contributed by atoms with Crippen LogP contribution in [0.3, 0.4) is 0 Å². The van der Waals surface area contributed by atoms with E-state index in [1.54, 1.807) is 11.8 Å². The summed E-state index contributed by atoms with van der Waals surface area (Å²) in [4.78, 5) is 2.31. The molecule has 1 aliphatic rings. The van der Waals surface area contributed by atoms with Gasteiger partial charge in [0.15, 0.2) is 11.5 Å². The Morgan fingerprint density at radius 2 is 1.65 bits per heavy atom. The fourth-order valence-corrected chi connectivity index (χ4v) is 3.00. The molecule has 2 aromatic carbocycles. The van der Waals surface area contributed by atoms with Crippen molar-refractivity contribution in [2.24, 2.45) is 0 Å². The Morgan fingerprint density at radius 3 is 2.45 bits per heavy atom. The highest BCUT2D eigenvalue weighted by atomic mass is 32.2. The van der Waals surface area contributed by atoms with Gasteiger partial charge >= 0.3 is 0 Å². The minimum atomic E-state index is 0.710. The smallest absolute Gasteiger partial charge is 0.162 e. The monoisotopic (exact) mass is 287 g/mol. The Hall–Kier alpha value is -1.81. The van der Waals surface area contributed by atoms with Gasteiger partial charge in [0, 0.05) is 21.9 Å². The summed E-state index contributed by atoms with van der Waals surface area (Å²) in [5.41, 5.74) is 7.77. The number of nitrogen functional groups attached to an aromatic ring is 1. The number of benzene rings is 2. The largest absolute Gasteiger partial charge is 0.490 e. The van der Waals surface area contributed by atoms with Crippen molar-refractivity contribution in [3.8, 4) is 11.5 Å². The van der Waals surface area contributed by atoms with Crippen LogP contribution in [-0.2, 0) is 0 Å². The highest BCUT2D eigenvalue weighted by Gasteiger charge is 2.11. The lowest BCUT2D eigenvalue weighted by atomic mass is 10.2. The Morgan fingerprint density at radius 1 is 0.950 bits per heavy atom. The first-order chi connectivity index (χ1) is 9.72. The van der Waals surface area contributed by atoms with E-state index in [2.05, 4.69) is 12.1 Å². The molecular weight excluding hydrogens is 270 g/mol. The summed E-state index contributed by atoms with van der Waals surface area (Å²) in [5.74, 6) is 1.67. The first kappa shape index (κ1) is 13.2. The lowest BCUT2D eigenvalue weighted by Crippen LogP contribution is -1.97. The van der Waals surface area contributed by atoms with Gasteiger partial charge in [-0.2, -0.15) is 0 Å². The predicted octanol–water partition coefficient (Wildman–Crippen LogP) is 3.89. The Balaban J connectivity index is 1.83. The maximum Gasteiger partial charge on any atom is 0.162 e. The summed E-state index contributed by atoms with van der Waals surface area (Å²) >= 11 is 1.70. The number of nitrogens with two attached hydrogens (primary N) is 1. The maximum absolute atomic E-state index is 5.84. The lowest BCUT2D eigenvalue weighted by Gasteiger charge is -2.09. The van der Waals surface area contributed by atoms with Gasteiger partial charge in [-0.05, 0) is 48.9 Å². The SMILES string of the molecule is Cc1cc(Sc2ccc3c(c2)OCCCO3)ccc1N. The van der Waals surface area contributed by atoms with E-state index >= 15 is 0 Å². The minimum absolute atomic E-state index is 0.710. The third kappa shape index (κ3) is 2.85. The van der Waals surface area contributed by atoms with Crippen LogP contribution in [0.1, 0.15) is 12.0 Å². The summed E-state index contributed by atoms with van der Waals surface area (Å²) in [6, 6.07) is 12.2. The quantitative estimate of drug-likeness (QED) is 0.851. The summed E-state index contributed by atoms with van der Waals surface area (Å²) in [6.07, 6.45) is 0.925. The van der Waals surface area contributed by atoms with E-state index in [1.165, 1.54) is 4.90 Å². The van der Waals surface area contributed by atoms with Gasteiger partial charge in [-0.25, -0.2) is 0 Å². The van der Waals surface area contributed by atoms with Crippen molar-refractivity contribution in [1.29, 1.82) is 0 Å². The van der Waals surface area contributed by atoms with E-state index in [0.717, 1.165) is 40.7 Å². The van der Waals surface area contributed by atoms with E-state index in [9.17, 15) is 0 Å². The molecule has 0 spiro atoms. The Labute approximate surface area is 123 Å². The van der Waals surface area contributed by atoms with Crippen LogP contribution < -0.4 is 15.2 Å². The van der Waals surface area contributed by atoms with Gasteiger partial charge in [0.05, 0.1) is 13.2 Å². The van der Waals surface area contributed by atoms with Crippen molar-refractivity contribution >= 4 is 17.4 Å². The Kier molecular flexibility index (Phi) is 3.74. The molecule has 0 amide bonds. The molecule has 3 rings (SSSR count). The van der Waals surface area contributed by atoms with Crippen LogP contribution >= 0.6 is 11.8 Å². The molecule has 0 atom stereocenters. The molecule has 2 N–H and O–H groups in total. The van der Waals surface area contributed by atoms with Crippen molar-refractivity contribution in [3.05, 3.63) is 42.0 Å². The normalized spacial score (nSPS) is 13.8. The summed E-state index contributed by atoms with van der Waals surface area (Å²) in [6.45, 7) is 3.45. The average molecular weight is 287 g/mol. The standard InChI is InChI=1S/C16H17NO2S/c1-11-9-12(3-5-14(11)17)20-13-4-6-15-16(10-13)19-8-2-7-18-15/h3-6,9-10H,2,7-8,17H2,1H3. The molecule has 0 fully saturated rings. The van der Waals surface area contributed by atoms with Gasteiger partial charge in [-0.3, -0.25) is 0 Å². The number of hydrogen-bond donors (Lipinski definition) is 1. The second-order valence-electron chi connectivity index (χ2n) is 4.78. The molecule has 0 unspecified atom stereocenters. The van der Waals surface area contributed by atoms with Gasteiger partial charge in [0.2, 0.25) is 0 Å². The zero-order valence-corrected chi connectivity index (χ0v) is 12.2. The number of anilines is 1. The predicted molar refractivity (Wildman–Crippen MR) is 81.8 cm³/mol. The molecule has 104 valence electrons. The van der Waals surface area contributed by atoms with E-state index in [-0.39, 0.29) is 0 Å². The van der Waals surface area contributed by atoms with Gasteiger partial charge in [0.25, 0.3) is 0 Å². The van der Waals surface area contributed by atoms with Crippen molar-refractivity contribution < 1.29 is 9.47 Å². The van der Waals surface area contributed by atoms with Gasteiger partial charge in [0.1, 0.15) is 0 Å². The van der Waals surface area contributed by atoms with Crippen molar-refractivity contribution in [2.75, 3.05) is 18.9 Å². The van der Waals surface area contributed by atoms with E-state index in [0.29, 0.717) is 6.61 Å². The minimum Gasteiger partial charge on any atom is -0.490 e. The molecule has 0 aromatic heterocycles. The zero-order valence-electron chi connectivity index (χ0n) is 11.4. The zero-order chi connectivity index (χ0) is 13.9. The van der Waals surface area contributed by atoms with Crippen LogP contribution in [0.2, 0.25) is 0 Å². The van der Waals surface area contributed by atoms with Crippen LogP contribution in [0, 0.1) is 6.92 Å². The van der Waals surface area contributed by atoms with Crippen LogP contribution in [0.25, 0.3) is 0 Å². The van der Waals surface area contributed by atoms with Crippen molar-refractivity contribution in [2.45, 2.75) is 23.1 Å². The fraction of sp³-hybridized carbons (Fsp3) is 0.250. The summed E-state index contributed by atoms with van der Waals surface area (Å²) < 4.78 is 11.3. The molecule has 1 heterocycles. The highest BCUT2D eigenvalue weighted by molar-refractivity contribution is 7.99. The van der Waals surface area contributed by atoms with Crippen LogP contribution in [0.15, 0.2) is 46.2 Å². The third-order valence-corrected chi connectivity index (χ3v) is 4.18. The molecule has 0 bridgehead atoms. The van der Waals surface area contributed by atoms with E-state index < -0.39 is 0 Å². The molecular formula is C16H17NO2S. The Bertz CT molecular complexity index is 628. The van der Waals surface area contributed by atoms with Crippen LogP contribution in [0.4, 0.5) is 5.69 Å². The highest BCUT2D eigenvalue weighted by Crippen LogP contribution is 2.37. The van der Waals surface area contributed by atoms with Crippen molar-refractivity contribution in [1.82, 2.24) is 0 Å². The lowest BCUT2D eigenvalue weighted by molar-refractivity contribution is 0.297. The fourth-order valence-electron chi connectivity index (χ4n) is 2.05. The number of aryl methyl sites for hydroxylation is 1. The van der Waals surface area contributed by atoms with Gasteiger partial charge < -0.3 is 15.2 Å². The van der Waals surface area contributed by atoms with Crippen LogP contribution in [0.5, 0.6) is 11.5 Å². The second-order valence-corrected chi connectivity index (χ2v) is 5.93. The molecule has 0 aliphatic carbocycles. The second kappa shape index (κ2) is 5.67. The molecule has 1 aliphatic heterocycles. The van der Waals surface area contributed by atoms with Crippen molar-refractivity contribution in [3.63, 3.8) is 0 Å².